The Hall–Kier alpha value is -1.37. The molecule has 1 aromatic heterocycles. The summed E-state index contributed by atoms with van der Waals surface area (Å²) in [6.45, 7) is 15.3. The van der Waals surface area contributed by atoms with E-state index < -0.39 is 15.2 Å². The minimum absolute atomic E-state index is 0.356. The molecule has 0 N–H and O–H groups in total. The molecule has 0 spiro atoms. The Morgan fingerprint density at radius 1 is 0.958 bits per heavy atom. The Bertz CT molecular complexity index is 719. The Morgan fingerprint density at radius 2 is 1.50 bits per heavy atom. The second kappa shape index (κ2) is 5.58. The van der Waals surface area contributed by atoms with Gasteiger partial charge < -0.3 is 9.31 Å². The highest BCUT2D eigenvalue weighted by atomic mass is 28.3. The van der Waals surface area contributed by atoms with Gasteiger partial charge in [-0.15, -0.1) is 0 Å². The quantitative estimate of drug-likeness (QED) is 0.805. The molecule has 0 atom stereocenters. The zero-order chi connectivity index (χ0) is 17.8. The summed E-state index contributed by atoms with van der Waals surface area (Å²) >= 11 is 0. The standard InChI is InChI=1S/C18H27BN2O2Si/c1-17(2)18(3,4)23-19(22-17)16-15(24(5,6)7)13-21(20-16)14-11-9-8-10-12-14/h8-13H,1-7H3. The fourth-order valence-corrected chi connectivity index (χ4v) is 4.25. The van der Waals surface area contributed by atoms with E-state index in [2.05, 4.69) is 65.7 Å². The molecule has 0 saturated carbocycles. The first kappa shape index (κ1) is 17.5. The minimum atomic E-state index is -1.59. The lowest BCUT2D eigenvalue weighted by atomic mass is 9.85. The summed E-state index contributed by atoms with van der Waals surface area (Å²) in [5.41, 5.74) is 1.27. The molecule has 128 valence electrons. The lowest BCUT2D eigenvalue weighted by molar-refractivity contribution is 0.00578. The topological polar surface area (TPSA) is 36.3 Å². The maximum absolute atomic E-state index is 6.26. The first-order valence-corrected chi connectivity index (χ1v) is 12.0. The summed E-state index contributed by atoms with van der Waals surface area (Å²) < 4.78 is 14.5. The van der Waals surface area contributed by atoms with E-state index in [1.807, 2.05) is 22.9 Å². The van der Waals surface area contributed by atoms with Crippen LogP contribution in [0.15, 0.2) is 36.5 Å². The van der Waals surface area contributed by atoms with Crippen LogP contribution in [0.2, 0.25) is 19.6 Å². The van der Waals surface area contributed by atoms with Crippen molar-refractivity contribution in [2.24, 2.45) is 0 Å². The zero-order valence-corrected chi connectivity index (χ0v) is 16.8. The molecule has 1 aliphatic rings. The predicted molar refractivity (Wildman–Crippen MR) is 102 cm³/mol. The summed E-state index contributed by atoms with van der Waals surface area (Å²) in [4.78, 5) is 0. The molecule has 1 saturated heterocycles. The first-order chi connectivity index (χ1) is 11.0. The van der Waals surface area contributed by atoms with E-state index in [0.717, 1.165) is 11.3 Å². The van der Waals surface area contributed by atoms with Crippen LogP contribution < -0.4 is 10.8 Å². The van der Waals surface area contributed by atoms with Crippen LogP contribution in [0.25, 0.3) is 5.69 Å². The third-order valence-corrected chi connectivity index (χ3v) is 7.05. The number of hydrogen-bond donors (Lipinski definition) is 0. The number of benzene rings is 1. The van der Waals surface area contributed by atoms with E-state index in [0.29, 0.717) is 0 Å². The molecule has 3 rings (SSSR count). The van der Waals surface area contributed by atoms with Crippen molar-refractivity contribution < 1.29 is 9.31 Å². The third kappa shape index (κ3) is 2.98. The first-order valence-electron chi connectivity index (χ1n) is 8.52. The number of aromatic nitrogens is 2. The molecule has 0 aliphatic carbocycles. The van der Waals surface area contributed by atoms with Crippen molar-refractivity contribution in [3.8, 4) is 5.69 Å². The summed E-state index contributed by atoms with van der Waals surface area (Å²) in [5.74, 6) is 0. The van der Waals surface area contributed by atoms with Gasteiger partial charge in [0.05, 0.1) is 30.6 Å². The molecule has 0 unspecified atom stereocenters. The fourth-order valence-electron chi connectivity index (χ4n) is 2.81. The van der Waals surface area contributed by atoms with Crippen LogP contribution in [0.3, 0.4) is 0 Å². The van der Waals surface area contributed by atoms with Crippen LogP contribution in [0.5, 0.6) is 0 Å². The van der Waals surface area contributed by atoms with Crippen LogP contribution in [0.4, 0.5) is 0 Å². The van der Waals surface area contributed by atoms with Gasteiger partial charge in [0.25, 0.3) is 0 Å². The van der Waals surface area contributed by atoms with E-state index in [1.54, 1.807) is 0 Å². The van der Waals surface area contributed by atoms with Gasteiger partial charge in [0.2, 0.25) is 0 Å². The highest BCUT2D eigenvalue weighted by molar-refractivity contribution is 6.92. The van der Waals surface area contributed by atoms with Gasteiger partial charge in [-0.3, -0.25) is 0 Å². The summed E-state index contributed by atoms with van der Waals surface area (Å²) in [6, 6.07) is 10.2. The highest BCUT2D eigenvalue weighted by Crippen LogP contribution is 2.36. The van der Waals surface area contributed by atoms with Gasteiger partial charge in [-0.05, 0) is 45.0 Å². The fraction of sp³-hybridized carbons (Fsp3) is 0.500. The van der Waals surface area contributed by atoms with E-state index in [1.165, 1.54) is 5.19 Å². The zero-order valence-electron chi connectivity index (χ0n) is 15.8. The van der Waals surface area contributed by atoms with Crippen molar-refractivity contribution in [1.29, 1.82) is 0 Å². The van der Waals surface area contributed by atoms with Crippen molar-refractivity contribution in [2.45, 2.75) is 58.5 Å². The molecule has 4 nitrogen and oxygen atoms in total. The van der Waals surface area contributed by atoms with Crippen LogP contribution in [-0.2, 0) is 9.31 Å². The van der Waals surface area contributed by atoms with E-state index in [4.69, 9.17) is 14.4 Å². The lowest BCUT2D eigenvalue weighted by Crippen LogP contribution is -2.53. The number of rotatable bonds is 3. The van der Waals surface area contributed by atoms with Gasteiger partial charge in [0.15, 0.2) is 0 Å². The second-order valence-electron chi connectivity index (χ2n) is 8.55. The Labute approximate surface area is 146 Å². The number of hydrogen-bond acceptors (Lipinski definition) is 3. The van der Waals surface area contributed by atoms with E-state index in [9.17, 15) is 0 Å². The molecule has 1 fully saturated rings. The number of para-hydroxylation sites is 1. The molecular formula is C18H27BN2O2Si. The smallest absolute Gasteiger partial charge is 0.398 e. The lowest BCUT2D eigenvalue weighted by Gasteiger charge is -2.32. The average molecular weight is 342 g/mol. The SMILES string of the molecule is CC1(C)OB(c2nn(-c3ccccc3)cc2[Si](C)(C)C)OC1(C)C. The van der Waals surface area contributed by atoms with Crippen molar-refractivity contribution >= 4 is 26.0 Å². The Kier molecular flexibility index (Phi) is 4.06. The molecule has 2 heterocycles. The molecule has 1 aliphatic heterocycles. The molecule has 0 amide bonds. The Morgan fingerprint density at radius 3 is 2.00 bits per heavy atom. The molecule has 1 aromatic carbocycles. The minimum Gasteiger partial charge on any atom is -0.398 e. The van der Waals surface area contributed by atoms with Crippen molar-refractivity contribution in [2.75, 3.05) is 0 Å². The van der Waals surface area contributed by atoms with Crippen molar-refractivity contribution in [3.05, 3.63) is 36.5 Å². The van der Waals surface area contributed by atoms with Crippen LogP contribution >= 0.6 is 0 Å². The molecule has 0 radical (unpaired) electrons. The molecule has 6 heteroatoms. The van der Waals surface area contributed by atoms with Gasteiger partial charge in [0.1, 0.15) is 0 Å². The maximum Gasteiger partial charge on any atom is 0.516 e. The van der Waals surface area contributed by atoms with E-state index in [-0.39, 0.29) is 11.2 Å². The van der Waals surface area contributed by atoms with Crippen LogP contribution in [0, 0.1) is 0 Å². The monoisotopic (exact) mass is 342 g/mol. The van der Waals surface area contributed by atoms with E-state index >= 15 is 0 Å². The Balaban J connectivity index is 2.06. The van der Waals surface area contributed by atoms with Crippen molar-refractivity contribution in [1.82, 2.24) is 9.78 Å². The summed E-state index contributed by atoms with van der Waals surface area (Å²) in [5, 5.41) is 6.14. The maximum atomic E-state index is 6.26. The molecule has 24 heavy (non-hydrogen) atoms. The summed E-state index contributed by atoms with van der Waals surface area (Å²) in [7, 11) is -2.01. The normalized spacial score (nSPS) is 19.7. The molecular weight excluding hydrogens is 315 g/mol. The van der Waals surface area contributed by atoms with Gasteiger partial charge in [-0.1, -0.05) is 37.8 Å². The van der Waals surface area contributed by atoms with Crippen LogP contribution in [-0.4, -0.2) is 36.2 Å². The van der Waals surface area contributed by atoms with Crippen molar-refractivity contribution in [3.63, 3.8) is 0 Å². The highest BCUT2D eigenvalue weighted by Gasteiger charge is 2.53. The van der Waals surface area contributed by atoms with Gasteiger partial charge in [-0.25, -0.2) is 4.68 Å². The van der Waals surface area contributed by atoms with Gasteiger partial charge >= 0.3 is 7.12 Å². The number of nitrogens with zero attached hydrogens (tertiary/aromatic N) is 2. The van der Waals surface area contributed by atoms with Gasteiger partial charge in [-0.2, -0.15) is 5.10 Å². The van der Waals surface area contributed by atoms with Gasteiger partial charge in [0, 0.05) is 6.20 Å². The molecule has 0 bridgehead atoms. The summed E-state index contributed by atoms with van der Waals surface area (Å²) in [6.07, 6.45) is 2.15. The average Bonchev–Trinajstić information content (AvgIpc) is 2.99. The second-order valence-corrected chi connectivity index (χ2v) is 13.6. The molecule has 2 aromatic rings. The predicted octanol–water partition coefficient (Wildman–Crippen LogP) is 2.72. The largest absolute Gasteiger partial charge is 0.516 e. The van der Waals surface area contributed by atoms with Crippen LogP contribution in [0.1, 0.15) is 27.7 Å². The third-order valence-electron chi connectivity index (χ3n) is 5.05.